The molecule has 0 saturated carbocycles. The molecule has 0 unspecified atom stereocenters. The number of nitrogens with zero attached hydrogens (tertiary/aromatic N) is 6. The first-order valence-electron chi connectivity index (χ1n) is 9.13. The van der Waals surface area contributed by atoms with E-state index in [4.69, 9.17) is 9.84 Å². The van der Waals surface area contributed by atoms with E-state index >= 15 is 0 Å². The Hall–Kier alpha value is -4.01. The standard InChI is InChI=1S/C20H17N7O2/c1-3-15-17(12-4-6-13(29-2)7-5-12)18-21-10-14-16(27(18)25-15)8-9-26(19(14)28)20-22-11-23-24-20/h4-11H,3H2,1-2H3,(H,22,23,24). The summed E-state index contributed by atoms with van der Waals surface area (Å²) in [5.74, 6) is 1.14. The number of methoxy groups -OCH3 is 1. The van der Waals surface area contributed by atoms with Crippen molar-refractivity contribution in [2.45, 2.75) is 13.3 Å². The van der Waals surface area contributed by atoms with Gasteiger partial charge in [0.2, 0.25) is 5.95 Å². The maximum absolute atomic E-state index is 13.0. The third-order valence-corrected chi connectivity index (χ3v) is 4.93. The van der Waals surface area contributed by atoms with Gasteiger partial charge >= 0.3 is 0 Å². The number of ether oxygens (including phenoxy) is 1. The average Bonchev–Trinajstić information content (AvgIpc) is 3.42. The van der Waals surface area contributed by atoms with Crippen LogP contribution >= 0.6 is 0 Å². The second kappa shape index (κ2) is 6.55. The van der Waals surface area contributed by atoms with Crippen LogP contribution in [0.15, 0.2) is 53.8 Å². The molecule has 4 heterocycles. The summed E-state index contributed by atoms with van der Waals surface area (Å²) in [5, 5.41) is 11.7. The smallest absolute Gasteiger partial charge is 0.268 e. The number of aryl methyl sites for hydroxylation is 1. The molecule has 0 spiro atoms. The lowest BCUT2D eigenvalue weighted by molar-refractivity contribution is 0.415. The van der Waals surface area contributed by atoms with Crippen molar-refractivity contribution in [3.63, 3.8) is 0 Å². The fourth-order valence-electron chi connectivity index (χ4n) is 3.50. The largest absolute Gasteiger partial charge is 0.497 e. The zero-order chi connectivity index (χ0) is 20.0. The molecule has 0 radical (unpaired) electrons. The van der Waals surface area contributed by atoms with E-state index in [9.17, 15) is 4.79 Å². The molecule has 29 heavy (non-hydrogen) atoms. The Bertz CT molecular complexity index is 1380. The van der Waals surface area contributed by atoms with Gasteiger partial charge in [0.25, 0.3) is 5.56 Å². The number of pyridine rings is 1. The maximum Gasteiger partial charge on any atom is 0.268 e. The molecule has 4 aromatic heterocycles. The van der Waals surface area contributed by atoms with Crippen LogP contribution < -0.4 is 10.3 Å². The van der Waals surface area contributed by atoms with Gasteiger partial charge in [0.1, 0.15) is 12.1 Å². The molecule has 0 saturated heterocycles. The van der Waals surface area contributed by atoms with Crippen LogP contribution in [0.3, 0.4) is 0 Å². The molecule has 1 N–H and O–H groups in total. The zero-order valence-electron chi connectivity index (χ0n) is 15.8. The van der Waals surface area contributed by atoms with E-state index in [0.29, 0.717) is 22.5 Å². The molecule has 5 rings (SSSR count). The molecular formula is C20H17N7O2. The Balaban J connectivity index is 1.77. The number of aromatic nitrogens is 7. The summed E-state index contributed by atoms with van der Waals surface area (Å²) in [5.41, 5.74) is 4.01. The van der Waals surface area contributed by atoms with Gasteiger partial charge in [-0.05, 0) is 30.2 Å². The van der Waals surface area contributed by atoms with Gasteiger partial charge in [-0.1, -0.05) is 19.1 Å². The lowest BCUT2D eigenvalue weighted by Crippen LogP contribution is -2.19. The van der Waals surface area contributed by atoms with Crippen LogP contribution in [0.5, 0.6) is 5.75 Å². The van der Waals surface area contributed by atoms with Crippen LogP contribution in [0.25, 0.3) is 33.6 Å². The van der Waals surface area contributed by atoms with Gasteiger partial charge in [0.05, 0.1) is 23.7 Å². The summed E-state index contributed by atoms with van der Waals surface area (Å²) in [6.45, 7) is 2.05. The molecule has 0 aliphatic carbocycles. The third-order valence-electron chi connectivity index (χ3n) is 4.93. The van der Waals surface area contributed by atoms with Crippen molar-refractivity contribution in [1.29, 1.82) is 0 Å². The van der Waals surface area contributed by atoms with E-state index in [1.54, 1.807) is 24.0 Å². The summed E-state index contributed by atoms with van der Waals surface area (Å²) in [6.07, 6.45) is 5.34. The number of rotatable bonds is 4. The Morgan fingerprint density at radius 3 is 2.66 bits per heavy atom. The normalized spacial score (nSPS) is 11.4. The molecule has 0 aliphatic rings. The number of fused-ring (bicyclic) bond motifs is 3. The van der Waals surface area contributed by atoms with Crippen molar-refractivity contribution in [3.8, 4) is 22.8 Å². The van der Waals surface area contributed by atoms with Crippen molar-refractivity contribution in [2.24, 2.45) is 0 Å². The van der Waals surface area contributed by atoms with Crippen LogP contribution in [-0.2, 0) is 6.42 Å². The average molecular weight is 387 g/mol. The van der Waals surface area contributed by atoms with Crippen LogP contribution in [0.1, 0.15) is 12.6 Å². The molecule has 1 aromatic carbocycles. The van der Waals surface area contributed by atoms with Gasteiger partial charge in [-0.3, -0.25) is 9.36 Å². The molecule has 0 fully saturated rings. The van der Waals surface area contributed by atoms with Crippen LogP contribution in [0.4, 0.5) is 0 Å². The minimum atomic E-state index is -0.242. The minimum absolute atomic E-state index is 0.242. The minimum Gasteiger partial charge on any atom is -0.497 e. The van der Waals surface area contributed by atoms with Gasteiger partial charge in [-0.2, -0.15) is 15.2 Å². The monoisotopic (exact) mass is 387 g/mol. The van der Waals surface area contributed by atoms with Crippen molar-refractivity contribution >= 4 is 16.6 Å². The molecule has 144 valence electrons. The lowest BCUT2D eigenvalue weighted by atomic mass is 10.0. The molecule has 5 aromatic rings. The second-order valence-corrected chi connectivity index (χ2v) is 6.50. The number of benzene rings is 1. The Morgan fingerprint density at radius 1 is 1.14 bits per heavy atom. The molecule has 0 aliphatic heterocycles. The number of H-pyrrole nitrogens is 1. The maximum atomic E-state index is 13.0. The van der Waals surface area contributed by atoms with Gasteiger partial charge in [0.15, 0.2) is 5.65 Å². The fourth-order valence-corrected chi connectivity index (χ4v) is 3.50. The van der Waals surface area contributed by atoms with Gasteiger partial charge in [-0.25, -0.2) is 14.6 Å². The Kier molecular flexibility index (Phi) is 3.87. The Labute approximate surface area is 164 Å². The lowest BCUT2D eigenvalue weighted by Gasteiger charge is -2.06. The van der Waals surface area contributed by atoms with Crippen LogP contribution in [0, 0.1) is 0 Å². The van der Waals surface area contributed by atoms with E-state index < -0.39 is 0 Å². The van der Waals surface area contributed by atoms with E-state index in [1.807, 2.05) is 37.3 Å². The first-order valence-corrected chi connectivity index (χ1v) is 9.13. The summed E-state index contributed by atoms with van der Waals surface area (Å²) >= 11 is 0. The fraction of sp³-hybridized carbons (Fsp3) is 0.150. The van der Waals surface area contributed by atoms with Crippen molar-refractivity contribution in [1.82, 2.24) is 34.3 Å². The number of nitrogens with one attached hydrogen (secondary N) is 1. The molecule has 0 amide bonds. The quantitative estimate of drug-likeness (QED) is 0.508. The SMILES string of the molecule is CCc1nn2c(ncc3c(=O)n(-c4ncn[nH]4)ccc32)c1-c1ccc(OC)cc1. The predicted molar refractivity (Wildman–Crippen MR) is 107 cm³/mol. The summed E-state index contributed by atoms with van der Waals surface area (Å²) in [7, 11) is 1.64. The predicted octanol–water partition coefficient (Wildman–Crippen LogP) is 2.39. The van der Waals surface area contributed by atoms with Crippen molar-refractivity contribution in [2.75, 3.05) is 7.11 Å². The van der Waals surface area contributed by atoms with E-state index in [-0.39, 0.29) is 5.56 Å². The topological polar surface area (TPSA) is 103 Å². The van der Waals surface area contributed by atoms with E-state index in [0.717, 1.165) is 29.0 Å². The third kappa shape index (κ3) is 2.59. The highest BCUT2D eigenvalue weighted by molar-refractivity contribution is 5.86. The zero-order valence-corrected chi connectivity index (χ0v) is 15.8. The van der Waals surface area contributed by atoms with Crippen molar-refractivity contribution in [3.05, 3.63) is 65.1 Å². The Morgan fingerprint density at radius 2 is 1.97 bits per heavy atom. The molecular weight excluding hydrogens is 370 g/mol. The van der Waals surface area contributed by atoms with Gasteiger partial charge in [0, 0.05) is 18.0 Å². The highest BCUT2D eigenvalue weighted by Gasteiger charge is 2.18. The van der Waals surface area contributed by atoms with E-state index in [1.165, 1.54) is 10.9 Å². The summed E-state index contributed by atoms with van der Waals surface area (Å²) in [4.78, 5) is 21.6. The van der Waals surface area contributed by atoms with Crippen molar-refractivity contribution < 1.29 is 4.74 Å². The molecule has 9 heteroatoms. The molecule has 9 nitrogen and oxygen atoms in total. The second-order valence-electron chi connectivity index (χ2n) is 6.50. The number of hydrogen-bond donors (Lipinski definition) is 1. The number of hydrogen-bond acceptors (Lipinski definition) is 6. The number of aromatic amines is 1. The van der Waals surface area contributed by atoms with Crippen LogP contribution in [0.2, 0.25) is 0 Å². The van der Waals surface area contributed by atoms with E-state index in [2.05, 4.69) is 20.2 Å². The summed E-state index contributed by atoms with van der Waals surface area (Å²) < 4.78 is 8.39. The highest BCUT2D eigenvalue weighted by atomic mass is 16.5. The van der Waals surface area contributed by atoms with Gasteiger partial charge < -0.3 is 4.74 Å². The first kappa shape index (κ1) is 17.1. The van der Waals surface area contributed by atoms with Crippen LogP contribution in [-0.4, -0.2) is 41.5 Å². The van der Waals surface area contributed by atoms with Gasteiger partial charge in [-0.15, -0.1) is 0 Å². The molecule has 0 bridgehead atoms. The molecule has 0 atom stereocenters. The summed E-state index contributed by atoms with van der Waals surface area (Å²) in [6, 6.07) is 9.63. The highest BCUT2D eigenvalue weighted by Crippen LogP contribution is 2.30. The first-order chi connectivity index (χ1) is 14.2.